The van der Waals surface area contributed by atoms with Crippen LogP contribution in [-0.4, -0.2) is 19.3 Å². The van der Waals surface area contributed by atoms with E-state index in [0.29, 0.717) is 18.0 Å². The Balaban J connectivity index is 1.84. The fourth-order valence-corrected chi connectivity index (χ4v) is 5.72. The van der Waals surface area contributed by atoms with Gasteiger partial charge in [-0.2, -0.15) is 15.6 Å². The number of benzene rings is 2. The Morgan fingerprint density at radius 1 is 1.04 bits per heavy atom. The van der Waals surface area contributed by atoms with Crippen LogP contribution in [0.1, 0.15) is 22.7 Å². The molecule has 1 aliphatic rings. The summed E-state index contributed by atoms with van der Waals surface area (Å²) in [4.78, 5) is 0.275. The lowest BCUT2D eigenvalue weighted by Gasteiger charge is -2.36. The van der Waals surface area contributed by atoms with Gasteiger partial charge in [0.2, 0.25) is 10.0 Å². The molecule has 0 spiro atoms. The minimum absolute atomic E-state index is 0.275. The van der Waals surface area contributed by atoms with Gasteiger partial charge >= 0.3 is 0 Å². The van der Waals surface area contributed by atoms with Crippen LogP contribution in [0.2, 0.25) is 5.02 Å². The third-order valence-electron chi connectivity index (χ3n) is 4.52. The lowest BCUT2D eigenvalue weighted by molar-refractivity contribution is 0.344. The maximum absolute atomic E-state index is 13.3. The van der Waals surface area contributed by atoms with Gasteiger partial charge in [-0.15, -0.1) is 0 Å². The Labute approximate surface area is 156 Å². The topological polar surface area (TPSA) is 37.4 Å². The summed E-state index contributed by atoms with van der Waals surface area (Å²) in [6.07, 6.45) is 0.712. The first kappa shape index (κ1) is 16.8. The predicted molar refractivity (Wildman–Crippen MR) is 102 cm³/mol. The lowest BCUT2D eigenvalue weighted by Crippen LogP contribution is -2.40. The van der Waals surface area contributed by atoms with E-state index in [4.69, 9.17) is 11.6 Å². The fourth-order valence-electron chi connectivity index (χ4n) is 3.32. The van der Waals surface area contributed by atoms with Crippen molar-refractivity contribution in [3.63, 3.8) is 0 Å². The van der Waals surface area contributed by atoms with Crippen LogP contribution in [0.15, 0.2) is 70.3 Å². The van der Waals surface area contributed by atoms with Crippen LogP contribution in [0.5, 0.6) is 0 Å². The molecule has 0 bridgehead atoms. The number of sulfonamides is 1. The molecule has 1 unspecified atom stereocenters. The van der Waals surface area contributed by atoms with Crippen LogP contribution in [0.25, 0.3) is 0 Å². The van der Waals surface area contributed by atoms with Crippen molar-refractivity contribution in [3.8, 4) is 0 Å². The second-order valence-electron chi connectivity index (χ2n) is 5.98. The average Bonchev–Trinajstić information content (AvgIpc) is 3.15. The third kappa shape index (κ3) is 3.02. The number of fused-ring (bicyclic) bond motifs is 1. The Hall–Kier alpha value is -1.66. The van der Waals surface area contributed by atoms with Crippen molar-refractivity contribution in [1.29, 1.82) is 0 Å². The standard InChI is InChI=1S/C19H16ClNO2S2/c20-16-5-7-17(8-6-16)25(22,23)21-11-9-14-3-1-2-4-18(14)19(21)15-10-12-24-13-15/h1-8,10,12-13,19H,9,11H2. The summed E-state index contributed by atoms with van der Waals surface area (Å²) in [5.74, 6) is 0. The first-order valence-corrected chi connectivity index (χ1v) is 10.7. The summed E-state index contributed by atoms with van der Waals surface area (Å²) in [6, 6.07) is 16.2. The Morgan fingerprint density at radius 2 is 1.80 bits per heavy atom. The number of thiophene rings is 1. The fraction of sp³-hybridized carbons (Fsp3) is 0.158. The maximum atomic E-state index is 13.3. The van der Waals surface area contributed by atoms with Crippen LogP contribution in [0.4, 0.5) is 0 Å². The predicted octanol–water partition coefficient (Wildman–Crippen LogP) is 4.74. The zero-order valence-electron chi connectivity index (χ0n) is 13.3. The summed E-state index contributed by atoms with van der Waals surface area (Å²) in [5, 5.41) is 4.54. The molecule has 0 saturated carbocycles. The molecule has 2 heterocycles. The summed E-state index contributed by atoms with van der Waals surface area (Å²) >= 11 is 7.50. The number of rotatable bonds is 3. The molecule has 1 aliphatic heterocycles. The van der Waals surface area contributed by atoms with Crippen molar-refractivity contribution in [2.75, 3.05) is 6.54 Å². The van der Waals surface area contributed by atoms with Gasteiger partial charge in [0.15, 0.2) is 0 Å². The molecular weight excluding hydrogens is 374 g/mol. The monoisotopic (exact) mass is 389 g/mol. The van der Waals surface area contributed by atoms with E-state index < -0.39 is 10.0 Å². The van der Waals surface area contributed by atoms with E-state index in [9.17, 15) is 8.42 Å². The number of nitrogens with zero attached hydrogens (tertiary/aromatic N) is 1. The Bertz CT molecular complexity index is 983. The minimum atomic E-state index is -3.62. The molecule has 3 aromatic rings. The van der Waals surface area contributed by atoms with E-state index in [1.165, 1.54) is 5.56 Å². The molecule has 1 aromatic heterocycles. The van der Waals surface area contributed by atoms with Gasteiger partial charge < -0.3 is 0 Å². The second-order valence-corrected chi connectivity index (χ2v) is 9.08. The van der Waals surface area contributed by atoms with Crippen LogP contribution in [0.3, 0.4) is 0 Å². The SMILES string of the molecule is O=S(=O)(c1ccc(Cl)cc1)N1CCc2ccccc2C1c1ccsc1. The van der Waals surface area contributed by atoms with E-state index in [2.05, 4.69) is 6.07 Å². The highest BCUT2D eigenvalue weighted by atomic mass is 35.5. The van der Waals surface area contributed by atoms with Crippen LogP contribution >= 0.6 is 22.9 Å². The van der Waals surface area contributed by atoms with Crippen molar-refractivity contribution in [1.82, 2.24) is 4.31 Å². The van der Waals surface area contributed by atoms with E-state index in [1.807, 2.05) is 35.0 Å². The smallest absolute Gasteiger partial charge is 0.207 e. The first-order chi connectivity index (χ1) is 12.1. The summed E-state index contributed by atoms with van der Waals surface area (Å²) in [7, 11) is -3.62. The highest BCUT2D eigenvalue weighted by molar-refractivity contribution is 7.89. The van der Waals surface area contributed by atoms with Gasteiger partial charge in [-0.25, -0.2) is 8.42 Å². The number of halogens is 1. The molecule has 2 aromatic carbocycles. The average molecular weight is 390 g/mol. The van der Waals surface area contributed by atoms with Gasteiger partial charge in [-0.3, -0.25) is 0 Å². The second kappa shape index (κ2) is 6.57. The molecule has 25 heavy (non-hydrogen) atoms. The largest absolute Gasteiger partial charge is 0.243 e. The van der Waals surface area contributed by atoms with E-state index in [0.717, 1.165) is 11.1 Å². The summed E-state index contributed by atoms with van der Waals surface area (Å²) in [5.41, 5.74) is 3.28. The molecule has 1 atom stereocenters. The third-order valence-corrected chi connectivity index (χ3v) is 7.35. The number of hydrogen-bond donors (Lipinski definition) is 0. The molecule has 0 N–H and O–H groups in total. The van der Waals surface area contributed by atoms with Crippen molar-refractivity contribution in [2.45, 2.75) is 17.4 Å². The van der Waals surface area contributed by atoms with E-state index in [-0.39, 0.29) is 10.9 Å². The molecule has 4 rings (SSSR count). The van der Waals surface area contributed by atoms with Gasteiger partial charge in [-0.05, 0) is 64.2 Å². The lowest BCUT2D eigenvalue weighted by atomic mass is 9.91. The Morgan fingerprint density at radius 3 is 2.52 bits per heavy atom. The van der Waals surface area contributed by atoms with Gasteiger partial charge in [0, 0.05) is 11.6 Å². The summed E-state index contributed by atoms with van der Waals surface area (Å²) < 4.78 is 28.2. The van der Waals surface area contributed by atoms with Crippen LogP contribution in [0, 0.1) is 0 Å². The molecule has 0 saturated heterocycles. The zero-order valence-corrected chi connectivity index (χ0v) is 15.7. The molecule has 0 radical (unpaired) electrons. The molecule has 0 amide bonds. The maximum Gasteiger partial charge on any atom is 0.243 e. The quantitative estimate of drug-likeness (QED) is 0.648. The van der Waals surface area contributed by atoms with Crippen molar-refractivity contribution in [2.24, 2.45) is 0 Å². The van der Waals surface area contributed by atoms with E-state index >= 15 is 0 Å². The molecule has 6 heteroatoms. The van der Waals surface area contributed by atoms with Crippen molar-refractivity contribution < 1.29 is 8.42 Å². The van der Waals surface area contributed by atoms with Gasteiger partial charge in [-0.1, -0.05) is 35.9 Å². The van der Waals surface area contributed by atoms with Gasteiger partial charge in [0.1, 0.15) is 0 Å². The van der Waals surface area contributed by atoms with E-state index in [1.54, 1.807) is 39.9 Å². The number of hydrogen-bond acceptors (Lipinski definition) is 3. The molecule has 0 fully saturated rings. The van der Waals surface area contributed by atoms with Crippen LogP contribution in [-0.2, 0) is 16.4 Å². The zero-order chi connectivity index (χ0) is 17.4. The summed E-state index contributed by atoms with van der Waals surface area (Å²) in [6.45, 7) is 0.461. The molecular formula is C19H16ClNO2S2. The first-order valence-electron chi connectivity index (χ1n) is 7.95. The van der Waals surface area contributed by atoms with Crippen LogP contribution < -0.4 is 0 Å². The normalized spacial score (nSPS) is 18.0. The highest BCUT2D eigenvalue weighted by Crippen LogP contribution is 2.39. The molecule has 128 valence electrons. The highest BCUT2D eigenvalue weighted by Gasteiger charge is 2.37. The van der Waals surface area contributed by atoms with Gasteiger partial charge in [0.25, 0.3) is 0 Å². The van der Waals surface area contributed by atoms with Crippen molar-refractivity contribution in [3.05, 3.63) is 87.1 Å². The molecule has 3 nitrogen and oxygen atoms in total. The van der Waals surface area contributed by atoms with Gasteiger partial charge in [0.05, 0.1) is 10.9 Å². The molecule has 0 aliphatic carbocycles. The Kier molecular flexibility index (Phi) is 4.41. The van der Waals surface area contributed by atoms with Crippen molar-refractivity contribution >= 4 is 33.0 Å². The minimum Gasteiger partial charge on any atom is -0.207 e.